The van der Waals surface area contributed by atoms with E-state index in [1.165, 1.54) is 0 Å². The molecule has 0 saturated carbocycles. The van der Waals surface area contributed by atoms with Crippen molar-refractivity contribution in [3.05, 3.63) is 23.8 Å². The predicted molar refractivity (Wildman–Crippen MR) is 83.3 cm³/mol. The van der Waals surface area contributed by atoms with Gasteiger partial charge in [-0.25, -0.2) is 0 Å². The Balaban J connectivity index is 1.99. The van der Waals surface area contributed by atoms with Gasteiger partial charge >= 0.3 is 0 Å². The lowest BCUT2D eigenvalue weighted by atomic mass is 9.89. The van der Waals surface area contributed by atoms with Crippen molar-refractivity contribution in [2.45, 2.75) is 32.3 Å². The van der Waals surface area contributed by atoms with Crippen molar-refractivity contribution >= 4 is 6.08 Å². The molecule has 0 amide bonds. The molecule has 0 radical (unpaired) electrons. The largest absolute Gasteiger partial charge is 0.490 e. The average Bonchev–Trinajstić information content (AvgIpc) is 2.51. The summed E-state index contributed by atoms with van der Waals surface area (Å²) in [6.45, 7) is 7.13. The number of piperidine rings is 1. The lowest BCUT2D eigenvalue weighted by molar-refractivity contribution is 0.0771. The van der Waals surface area contributed by atoms with E-state index in [0.29, 0.717) is 13.2 Å². The first-order chi connectivity index (χ1) is 10.3. The summed E-state index contributed by atoms with van der Waals surface area (Å²) in [6, 6.07) is 3.99. The third-order valence-electron chi connectivity index (χ3n) is 4.02. The predicted octanol–water partition coefficient (Wildman–Crippen LogP) is 3.01. The van der Waals surface area contributed by atoms with Crippen molar-refractivity contribution in [3.8, 4) is 17.2 Å². The minimum absolute atomic E-state index is 0.199. The van der Waals surface area contributed by atoms with Crippen LogP contribution in [0, 0.1) is 0 Å². The van der Waals surface area contributed by atoms with Crippen molar-refractivity contribution in [3.63, 3.8) is 0 Å². The Kier molecular flexibility index (Phi) is 4.06. The second-order valence-electron chi connectivity index (χ2n) is 5.43. The van der Waals surface area contributed by atoms with Crippen LogP contribution in [0.2, 0.25) is 0 Å². The number of ether oxygens (including phenoxy) is 3. The van der Waals surface area contributed by atoms with Gasteiger partial charge in [-0.1, -0.05) is 6.08 Å². The highest BCUT2D eigenvalue weighted by atomic mass is 16.5. The van der Waals surface area contributed by atoms with Crippen LogP contribution in [0.25, 0.3) is 6.08 Å². The SMILES string of the molecule is CCOc1ccc2c(c1OCC)OC1(C=C2)CCNCC1. The van der Waals surface area contributed by atoms with Gasteiger partial charge in [-0.3, -0.25) is 0 Å². The maximum Gasteiger partial charge on any atom is 0.204 e. The van der Waals surface area contributed by atoms with Crippen LogP contribution < -0.4 is 19.5 Å². The van der Waals surface area contributed by atoms with E-state index < -0.39 is 0 Å². The molecule has 1 aromatic rings. The Bertz CT molecular complexity index is 533. The lowest BCUT2D eigenvalue weighted by Gasteiger charge is -2.38. The number of benzene rings is 1. The molecule has 0 bridgehead atoms. The molecule has 4 nitrogen and oxygen atoms in total. The average molecular weight is 289 g/mol. The Labute approximate surface area is 126 Å². The molecule has 1 aromatic carbocycles. The molecule has 3 rings (SSSR count). The van der Waals surface area contributed by atoms with Crippen LogP contribution in [0.5, 0.6) is 17.2 Å². The summed E-state index contributed by atoms with van der Waals surface area (Å²) in [4.78, 5) is 0. The quantitative estimate of drug-likeness (QED) is 0.925. The van der Waals surface area contributed by atoms with Crippen molar-refractivity contribution in [2.75, 3.05) is 26.3 Å². The molecule has 1 saturated heterocycles. The van der Waals surface area contributed by atoms with Gasteiger partial charge in [-0.15, -0.1) is 0 Å². The van der Waals surface area contributed by atoms with Crippen molar-refractivity contribution < 1.29 is 14.2 Å². The number of nitrogens with one attached hydrogen (secondary N) is 1. The Hall–Kier alpha value is -1.68. The van der Waals surface area contributed by atoms with Crippen LogP contribution in [0.3, 0.4) is 0 Å². The highest BCUT2D eigenvalue weighted by Gasteiger charge is 2.36. The van der Waals surface area contributed by atoms with Gasteiger partial charge < -0.3 is 19.5 Å². The standard InChI is InChI=1S/C17H23NO3/c1-3-19-14-6-5-13-7-8-17(9-11-18-12-10-17)21-15(13)16(14)20-4-2/h5-8,18H,3-4,9-12H2,1-2H3. The molecule has 1 spiro atoms. The maximum absolute atomic E-state index is 6.40. The summed E-state index contributed by atoms with van der Waals surface area (Å²) < 4.78 is 17.9. The van der Waals surface area contributed by atoms with Crippen LogP contribution in [0.1, 0.15) is 32.3 Å². The Morgan fingerprint density at radius 2 is 1.90 bits per heavy atom. The minimum Gasteiger partial charge on any atom is -0.490 e. The van der Waals surface area contributed by atoms with Crippen molar-refractivity contribution in [1.29, 1.82) is 0 Å². The summed E-state index contributed by atoms with van der Waals surface area (Å²) in [5.74, 6) is 2.32. The smallest absolute Gasteiger partial charge is 0.204 e. The first kappa shape index (κ1) is 14.3. The Morgan fingerprint density at radius 3 is 2.62 bits per heavy atom. The molecule has 2 aliphatic rings. The van der Waals surface area contributed by atoms with E-state index in [1.54, 1.807) is 0 Å². The number of rotatable bonds is 4. The van der Waals surface area contributed by atoms with E-state index in [4.69, 9.17) is 14.2 Å². The highest BCUT2D eigenvalue weighted by molar-refractivity contribution is 5.69. The summed E-state index contributed by atoms with van der Waals surface area (Å²) >= 11 is 0. The molecule has 0 atom stereocenters. The highest BCUT2D eigenvalue weighted by Crippen LogP contribution is 2.46. The summed E-state index contributed by atoms with van der Waals surface area (Å²) in [6.07, 6.45) is 6.31. The van der Waals surface area contributed by atoms with E-state index in [9.17, 15) is 0 Å². The number of hydrogen-bond donors (Lipinski definition) is 1. The second-order valence-corrected chi connectivity index (χ2v) is 5.43. The van der Waals surface area contributed by atoms with Crippen LogP contribution >= 0.6 is 0 Å². The third-order valence-corrected chi connectivity index (χ3v) is 4.02. The van der Waals surface area contributed by atoms with Gasteiger partial charge in [0.2, 0.25) is 5.75 Å². The van der Waals surface area contributed by atoms with Crippen LogP contribution in [-0.4, -0.2) is 31.9 Å². The molecule has 2 aliphatic heterocycles. The molecule has 1 fully saturated rings. The van der Waals surface area contributed by atoms with E-state index in [0.717, 1.165) is 48.7 Å². The van der Waals surface area contributed by atoms with E-state index in [1.807, 2.05) is 26.0 Å². The van der Waals surface area contributed by atoms with E-state index in [2.05, 4.69) is 17.5 Å². The number of fused-ring (bicyclic) bond motifs is 1. The van der Waals surface area contributed by atoms with Crippen LogP contribution in [-0.2, 0) is 0 Å². The summed E-state index contributed by atoms with van der Waals surface area (Å²) in [7, 11) is 0. The van der Waals surface area contributed by atoms with Gasteiger partial charge in [0, 0.05) is 18.4 Å². The zero-order valence-electron chi connectivity index (χ0n) is 12.8. The second kappa shape index (κ2) is 5.98. The molecule has 2 heterocycles. The molecule has 0 unspecified atom stereocenters. The molecule has 1 N–H and O–H groups in total. The summed E-state index contributed by atoms with van der Waals surface area (Å²) in [5, 5.41) is 3.38. The first-order valence-electron chi connectivity index (χ1n) is 7.79. The molecule has 114 valence electrons. The first-order valence-corrected chi connectivity index (χ1v) is 7.79. The Morgan fingerprint density at radius 1 is 1.14 bits per heavy atom. The van der Waals surface area contributed by atoms with Gasteiger partial charge in [0.1, 0.15) is 5.60 Å². The topological polar surface area (TPSA) is 39.7 Å². The summed E-state index contributed by atoms with van der Waals surface area (Å²) in [5.41, 5.74) is 0.862. The van der Waals surface area contributed by atoms with Gasteiger partial charge in [0.25, 0.3) is 0 Å². The van der Waals surface area contributed by atoms with Crippen LogP contribution in [0.15, 0.2) is 18.2 Å². The third kappa shape index (κ3) is 2.72. The molecule has 21 heavy (non-hydrogen) atoms. The van der Waals surface area contributed by atoms with E-state index >= 15 is 0 Å². The van der Waals surface area contributed by atoms with E-state index in [-0.39, 0.29) is 5.60 Å². The zero-order valence-corrected chi connectivity index (χ0v) is 12.8. The fraction of sp³-hybridized carbons (Fsp3) is 0.529. The minimum atomic E-state index is -0.199. The fourth-order valence-corrected chi connectivity index (χ4v) is 2.94. The normalized spacial score (nSPS) is 19.0. The van der Waals surface area contributed by atoms with Gasteiger partial charge in [0.15, 0.2) is 11.5 Å². The fourth-order valence-electron chi connectivity index (χ4n) is 2.94. The molecule has 0 aliphatic carbocycles. The van der Waals surface area contributed by atoms with Gasteiger partial charge in [-0.2, -0.15) is 0 Å². The maximum atomic E-state index is 6.40. The van der Waals surface area contributed by atoms with Crippen LogP contribution in [0.4, 0.5) is 0 Å². The van der Waals surface area contributed by atoms with Gasteiger partial charge in [0.05, 0.1) is 13.2 Å². The molecular formula is C17H23NO3. The monoisotopic (exact) mass is 289 g/mol. The lowest BCUT2D eigenvalue weighted by Crippen LogP contribution is -2.45. The molecule has 4 heteroatoms. The van der Waals surface area contributed by atoms with Crippen molar-refractivity contribution in [2.24, 2.45) is 0 Å². The molecular weight excluding hydrogens is 266 g/mol. The molecule has 0 aromatic heterocycles. The number of hydrogen-bond acceptors (Lipinski definition) is 4. The van der Waals surface area contributed by atoms with Gasteiger partial charge in [-0.05, 0) is 45.1 Å². The zero-order chi connectivity index (χ0) is 14.7. The van der Waals surface area contributed by atoms with Crippen molar-refractivity contribution in [1.82, 2.24) is 5.32 Å².